The Morgan fingerprint density at radius 2 is 1.79 bits per heavy atom. The molecule has 0 aromatic heterocycles. The minimum Gasteiger partial charge on any atom is -0.507 e. The van der Waals surface area contributed by atoms with Crippen LogP contribution in [0.4, 0.5) is 11.4 Å². The van der Waals surface area contributed by atoms with E-state index in [9.17, 15) is 9.90 Å². The van der Waals surface area contributed by atoms with Crippen molar-refractivity contribution in [2.75, 3.05) is 6.61 Å². The fraction of sp³-hybridized carbons (Fsp3) is 0.0476. The van der Waals surface area contributed by atoms with Gasteiger partial charge in [-0.3, -0.25) is 4.79 Å². The van der Waals surface area contributed by atoms with Gasteiger partial charge in [0.25, 0.3) is 5.91 Å². The number of ether oxygens (including phenoxy) is 1. The van der Waals surface area contributed by atoms with E-state index in [0.29, 0.717) is 27.7 Å². The second-order valence-electron chi connectivity index (χ2n) is 5.82. The minimum atomic E-state index is -0.458. The number of hydrogen-bond acceptors (Lipinski definition) is 6. The molecule has 0 unspecified atom stereocenters. The highest BCUT2D eigenvalue weighted by molar-refractivity contribution is 6.30. The number of hydrogen-bond donors (Lipinski definition) is 2. The molecule has 0 aliphatic heterocycles. The molecule has 2 N–H and O–H groups in total. The highest BCUT2D eigenvalue weighted by Crippen LogP contribution is 2.24. The van der Waals surface area contributed by atoms with Gasteiger partial charge < -0.3 is 9.84 Å². The molecule has 1 amide bonds. The molecule has 0 radical (unpaired) electrons. The van der Waals surface area contributed by atoms with Gasteiger partial charge in [-0.25, -0.2) is 5.43 Å². The number of carbonyl (C=O) groups excluding carboxylic acids is 1. The number of hydrazone groups is 1. The number of nitrogens with one attached hydrogen (secondary N) is 1. The molecule has 3 aromatic rings. The van der Waals surface area contributed by atoms with Crippen molar-refractivity contribution in [2.24, 2.45) is 15.3 Å². The summed E-state index contributed by atoms with van der Waals surface area (Å²) in [5, 5.41) is 22.5. The molecule has 0 spiro atoms. The van der Waals surface area contributed by atoms with Crippen LogP contribution in [0.25, 0.3) is 0 Å². The van der Waals surface area contributed by atoms with E-state index in [1.807, 2.05) is 30.3 Å². The van der Waals surface area contributed by atoms with Gasteiger partial charge in [0.15, 0.2) is 6.61 Å². The minimum absolute atomic E-state index is 0.00293. The predicted octanol–water partition coefficient (Wildman–Crippen LogP) is 4.99. The van der Waals surface area contributed by atoms with Crippen molar-refractivity contribution in [3.8, 4) is 11.5 Å². The molecule has 0 saturated carbocycles. The average molecular weight is 409 g/mol. The van der Waals surface area contributed by atoms with Crippen molar-refractivity contribution in [1.82, 2.24) is 5.43 Å². The zero-order chi connectivity index (χ0) is 20.5. The maximum atomic E-state index is 11.8. The van der Waals surface area contributed by atoms with E-state index in [4.69, 9.17) is 16.3 Å². The Labute approximate surface area is 172 Å². The van der Waals surface area contributed by atoms with Crippen molar-refractivity contribution >= 4 is 35.1 Å². The molecule has 0 fully saturated rings. The first kappa shape index (κ1) is 20.0. The molecule has 3 rings (SSSR count). The zero-order valence-corrected chi connectivity index (χ0v) is 16.0. The van der Waals surface area contributed by atoms with Crippen molar-refractivity contribution in [1.29, 1.82) is 0 Å². The topological polar surface area (TPSA) is 95.6 Å². The van der Waals surface area contributed by atoms with E-state index < -0.39 is 5.91 Å². The summed E-state index contributed by atoms with van der Waals surface area (Å²) >= 11 is 5.85. The number of azo groups is 1. The van der Waals surface area contributed by atoms with E-state index in [1.54, 1.807) is 36.4 Å². The van der Waals surface area contributed by atoms with Gasteiger partial charge in [-0.05, 0) is 48.5 Å². The molecule has 0 atom stereocenters. The van der Waals surface area contributed by atoms with Crippen molar-refractivity contribution in [3.05, 3.63) is 83.4 Å². The van der Waals surface area contributed by atoms with E-state index >= 15 is 0 Å². The molecule has 0 aliphatic carbocycles. The lowest BCUT2D eigenvalue weighted by Crippen LogP contribution is -2.24. The maximum Gasteiger partial charge on any atom is 0.277 e. The number of nitrogens with zero attached hydrogens (tertiary/aromatic N) is 3. The summed E-state index contributed by atoms with van der Waals surface area (Å²) in [4.78, 5) is 11.8. The predicted molar refractivity (Wildman–Crippen MR) is 111 cm³/mol. The first-order chi connectivity index (χ1) is 14.1. The average Bonchev–Trinajstić information content (AvgIpc) is 2.73. The second-order valence-corrected chi connectivity index (χ2v) is 6.25. The molecule has 3 aromatic carbocycles. The quantitative estimate of drug-likeness (QED) is 0.327. The first-order valence-electron chi connectivity index (χ1n) is 8.60. The van der Waals surface area contributed by atoms with Crippen LogP contribution in [0.3, 0.4) is 0 Å². The normalized spacial score (nSPS) is 11.1. The number of halogens is 1. The molecule has 8 heteroatoms. The Bertz CT molecular complexity index is 1040. The van der Waals surface area contributed by atoms with Crippen molar-refractivity contribution in [2.45, 2.75) is 0 Å². The van der Waals surface area contributed by atoms with Gasteiger partial charge in [0.2, 0.25) is 0 Å². The number of rotatable bonds is 7. The van der Waals surface area contributed by atoms with Gasteiger partial charge in [-0.2, -0.15) is 15.3 Å². The molecular weight excluding hydrogens is 392 g/mol. The fourth-order valence-electron chi connectivity index (χ4n) is 2.23. The lowest BCUT2D eigenvalue weighted by Gasteiger charge is -2.05. The summed E-state index contributed by atoms with van der Waals surface area (Å²) in [5.74, 6) is 0.0169. The lowest BCUT2D eigenvalue weighted by atomic mass is 10.2. The Morgan fingerprint density at radius 3 is 2.59 bits per heavy atom. The standard InChI is InChI=1S/C21H17ClN4O3/c22-16-5-4-8-19(12-16)29-14-21(28)26-23-13-15-11-18(9-10-20(15)27)25-24-17-6-2-1-3-7-17/h1-13,27H,14H2,(H,26,28)/b23-13-,25-24?. The first-order valence-corrected chi connectivity index (χ1v) is 8.98. The molecule has 0 bridgehead atoms. The number of aromatic hydroxyl groups is 1. The van der Waals surface area contributed by atoms with Crippen molar-refractivity contribution < 1.29 is 14.6 Å². The van der Waals surface area contributed by atoms with Gasteiger partial charge in [0.05, 0.1) is 17.6 Å². The van der Waals surface area contributed by atoms with Gasteiger partial charge in [-0.1, -0.05) is 35.9 Å². The summed E-state index contributed by atoms with van der Waals surface area (Å²) in [6, 6.07) is 20.7. The molecule has 0 saturated heterocycles. The monoisotopic (exact) mass is 408 g/mol. The summed E-state index contributed by atoms with van der Waals surface area (Å²) in [7, 11) is 0. The summed E-state index contributed by atoms with van der Waals surface area (Å²) in [6.45, 7) is -0.227. The van der Waals surface area contributed by atoms with Crippen molar-refractivity contribution in [3.63, 3.8) is 0 Å². The Hall–Kier alpha value is -3.71. The molecule has 0 aliphatic rings. The Morgan fingerprint density at radius 1 is 1.00 bits per heavy atom. The van der Waals surface area contributed by atoms with Gasteiger partial charge in [-0.15, -0.1) is 0 Å². The van der Waals surface area contributed by atoms with Crippen LogP contribution in [0.15, 0.2) is 88.1 Å². The number of phenols is 1. The number of phenolic OH excluding ortho intramolecular Hbond substituents is 1. The lowest BCUT2D eigenvalue weighted by molar-refractivity contribution is -0.123. The van der Waals surface area contributed by atoms with Gasteiger partial charge >= 0.3 is 0 Å². The number of carbonyl (C=O) groups is 1. The zero-order valence-electron chi connectivity index (χ0n) is 15.2. The van der Waals surface area contributed by atoms with Crippen LogP contribution in [0.1, 0.15) is 5.56 Å². The highest BCUT2D eigenvalue weighted by atomic mass is 35.5. The molecule has 7 nitrogen and oxygen atoms in total. The largest absolute Gasteiger partial charge is 0.507 e. The summed E-state index contributed by atoms with van der Waals surface area (Å²) in [5.41, 5.74) is 3.95. The van der Waals surface area contributed by atoms with Gasteiger partial charge in [0, 0.05) is 10.6 Å². The van der Waals surface area contributed by atoms with Crippen LogP contribution in [0, 0.1) is 0 Å². The third-order valence-corrected chi connectivity index (χ3v) is 3.84. The number of benzene rings is 3. The summed E-state index contributed by atoms with van der Waals surface area (Å²) < 4.78 is 5.32. The number of amides is 1. The molecular formula is C21H17ClN4O3. The van der Waals surface area contributed by atoms with E-state index in [-0.39, 0.29) is 12.4 Å². The Balaban J connectivity index is 1.56. The second kappa shape index (κ2) is 10.0. The summed E-state index contributed by atoms with van der Waals surface area (Å²) in [6.07, 6.45) is 1.31. The van der Waals surface area contributed by atoms with Crippen LogP contribution >= 0.6 is 11.6 Å². The highest BCUT2D eigenvalue weighted by Gasteiger charge is 2.03. The fourth-order valence-corrected chi connectivity index (χ4v) is 2.41. The Kier molecular flexibility index (Phi) is 6.91. The van der Waals surface area contributed by atoms with E-state index in [0.717, 1.165) is 0 Å². The molecule has 146 valence electrons. The smallest absolute Gasteiger partial charge is 0.277 e. The maximum absolute atomic E-state index is 11.8. The molecule has 29 heavy (non-hydrogen) atoms. The van der Waals surface area contributed by atoms with Crippen LogP contribution in [0.5, 0.6) is 11.5 Å². The van der Waals surface area contributed by atoms with E-state index in [1.165, 1.54) is 12.3 Å². The third kappa shape index (κ3) is 6.44. The van der Waals surface area contributed by atoms with Crippen LogP contribution in [-0.2, 0) is 4.79 Å². The van der Waals surface area contributed by atoms with Crippen LogP contribution in [0.2, 0.25) is 5.02 Å². The van der Waals surface area contributed by atoms with Gasteiger partial charge in [0.1, 0.15) is 11.5 Å². The van der Waals surface area contributed by atoms with E-state index in [2.05, 4.69) is 20.8 Å². The van der Waals surface area contributed by atoms with Crippen LogP contribution < -0.4 is 10.2 Å². The third-order valence-electron chi connectivity index (χ3n) is 3.61. The van der Waals surface area contributed by atoms with Crippen LogP contribution in [-0.4, -0.2) is 23.8 Å². The molecule has 0 heterocycles. The SMILES string of the molecule is O=C(COc1cccc(Cl)c1)N/N=C\c1cc(N=Nc2ccccc2)ccc1O.